The van der Waals surface area contributed by atoms with Gasteiger partial charge in [-0.15, -0.1) is 0 Å². The summed E-state index contributed by atoms with van der Waals surface area (Å²) in [5, 5.41) is 3.73. The fraction of sp³-hybridized carbons (Fsp3) is 0.625. The Morgan fingerprint density at radius 1 is 1.28 bits per heavy atom. The van der Waals surface area contributed by atoms with Crippen molar-refractivity contribution in [2.24, 2.45) is 11.8 Å². The zero-order valence-electron chi connectivity index (χ0n) is 11.7. The van der Waals surface area contributed by atoms with E-state index in [1.807, 2.05) is 0 Å². The molecule has 1 aliphatic heterocycles. The van der Waals surface area contributed by atoms with Crippen molar-refractivity contribution in [2.75, 3.05) is 13.2 Å². The van der Waals surface area contributed by atoms with Crippen LogP contribution in [0.2, 0.25) is 0 Å². The molecule has 1 aromatic rings. The van der Waals surface area contributed by atoms with Crippen LogP contribution in [0.1, 0.15) is 38.8 Å². The Bertz CT molecular complexity index is 349. The highest BCUT2D eigenvalue weighted by atomic mass is 16.5. The molecule has 1 fully saturated rings. The van der Waals surface area contributed by atoms with E-state index in [1.54, 1.807) is 0 Å². The van der Waals surface area contributed by atoms with Gasteiger partial charge in [-0.3, -0.25) is 0 Å². The van der Waals surface area contributed by atoms with Crippen LogP contribution in [0.5, 0.6) is 0 Å². The average Bonchev–Trinajstić information content (AvgIpc) is 2.76. The molecule has 1 N–H and O–H groups in total. The van der Waals surface area contributed by atoms with Crippen molar-refractivity contribution >= 4 is 0 Å². The lowest BCUT2D eigenvalue weighted by molar-refractivity contribution is 0.104. The molecule has 0 amide bonds. The Hall–Kier alpha value is -0.860. The Morgan fingerprint density at radius 2 is 2.00 bits per heavy atom. The maximum Gasteiger partial charge on any atom is 0.0588 e. The summed E-state index contributed by atoms with van der Waals surface area (Å²) in [6.45, 7) is 8.72. The first-order chi connectivity index (χ1) is 8.68. The van der Waals surface area contributed by atoms with Gasteiger partial charge in [0, 0.05) is 19.2 Å². The van der Waals surface area contributed by atoms with Crippen molar-refractivity contribution in [1.82, 2.24) is 5.32 Å². The highest BCUT2D eigenvalue weighted by Crippen LogP contribution is 2.24. The fourth-order valence-corrected chi connectivity index (χ4v) is 2.72. The first-order valence-electron chi connectivity index (χ1n) is 7.08. The van der Waals surface area contributed by atoms with Gasteiger partial charge in [-0.2, -0.15) is 0 Å². The van der Waals surface area contributed by atoms with Crippen molar-refractivity contribution in [3.8, 4) is 0 Å². The Morgan fingerprint density at radius 3 is 2.56 bits per heavy atom. The second-order valence-corrected chi connectivity index (χ2v) is 5.67. The van der Waals surface area contributed by atoms with Crippen LogP contribution in [-0.2, 0) is 4.74 Å². The summed E-state index contributed by atoms with van der Waals surface area (Å²) in [7, 11) is 0. The molecule has 18 heavy (non-hydrogen) atoms. The van der Waals surface area contributed by atoms with E-state index in [0.717, 1.165) is 13.2 Å². The topological polar surface area (TPSA) is 21.3 Å². The molecule has 0 aromatic heterocycles. The second kappa shape index (κ2) is 6.35. The molecule has 0 spiro atoms. The molecule has 0 aliphatic carbocycles. The van der Waals surface area contributed by atoms with Gasteiger partial charge in [0.2, 0.25) is 0 Å². The lowest BCUT2D eigenvalue weighted by Crippen LogP contribution is -2.32. The van der Waals surface area contributed by atoms with Gasteiger partial charge >= 0.3 is 0 Å². The monoisotopic (exact) mass is 247 g/mol. The van der Waals surface area contributed by atoms with Crippen molar-refractivity contribution in [3.05, 3.63) is 35.9 Å². The minimum atomic E-state index is 0.404. The van der Waals surface area contributed by atoms with Gasteiger partial charge < -0.3 is 10.1 Å². The van der Waals surface area contributed by atoms with Crippen LogP contribution in [0.3, 0.4) is 0 Å². The molecule has 3 unspecified atom stereocenters. The first kappa shape index (κ1) is 13.6. The summed E-state index contributed by atoms with van der Waals surface area (Å²) < 4.78 is 5.62. The maximum absolute atomic E-state index is 5.62. The fourth-order valence-electron chi connectivity index (χ4n) is 2.72. The van der Waals surface area contributed by atoms with Gasteiger partial charge in [-0.05, 0) is 30.7 Å². The van der Waals surface area contributed by atoms with E-state index in [4.69, 9.17) is 4.74 Å². The number of rotatable bonds is 5. The number of benzene rings is 1. The highest BCUT2D eigenvalue weighted by Gasteiger charge is 2.25. The molecular weight excluding hydrogens is 222 g/mol. The zero-order valence-corrected chi connectivity index (χ0v) is 11.7. The quantitative estimate of drug-likeness (QED) is 0.861. The van der Waals surface area contributed by atoms with E-state index in [1.165, 1.54) is 12.0 Å². The largest absolute Gasteiger partial charge is 0.378 e. The predicted octanol–water partition coefficient (Wildman–Crippen LogP) is 3.40. The Balaban J connectivity index is 1.95. The molecule has 0 radical (unpaired) electrons. The van der Waals surface area contributed by atoms with Crippen LogP contribution in [-0.4, -0.2) is 19.3 Å². The van der Waals surface area contributed by atoms with Gasteiger partial charge in [-0.1, -0.05) is 44.2 Å². The van der Waals surface area contributed by atoms with E-state index in [9.17, 15) is 0 Å². The SMILES string of the molecule is CC(C)C(NCC1CCOC1C)c1ccccc1. The minimum Gasteiger partial charge on any atom is -0.378 e. The third-order valence-electron chi connectivity index (χ3n) is 3.96. The third-order valence-corrected chi connectivity index (χ3v) is 3.96. The Labute approximate surface area is 111 Å². The standard InChI is InChI=1S/C16H25NO/c1-12(2)16(14-7-5-4-6-8-14)17-11-15-9-10-18-13(15)3/h4-8,12-13,15-17H,9-11H2,1-3H3. The molecule has 3 atom stereocenters. The van der Waals surface area contributed by atoms with Gasteiger partial charge in [0.15, 0.2) is 0 Å². The van der Waals surface area contributed by atoms with Crippen molar-refractivity contribution in [1.29, 1.82) is 0 Å². The molecular formula is C16H25NO. The van der Waals surface area contributed by atoms with E-state index in [-0.39, 0.29) is 0 Å². The molecule has 100 valence electrons. The molecule has 0 bridgehead atoms. The summed E-state index contributed by atoms with van der Waals surface area (Å²) >= 11 is 0. The predicted molar refractivity (Wildman–Crippen MR) is 75.5 cm³/mol. The molecule has 2 heteroatoms. The second-order valence-electron chi connectivity index (χ2n) is 5.67. The summed E-state index contributed by atoms with van der Waals surface area (Å²) in [6, 6.07) is 11.2. The lowest BCUT2D eigenvalue weighted by Gasteiger charge is -2.25. The maximum atomic E-state index is 5.62. The summed E-state index contributed by atoms with van der Waals surface area (Å²) in [6.07, 6.45) is 1.59. The molecule has 2 rings (SSSR count). The summed E-state index contributed by atoms with van der Waals surface area (Å²) in [5.74, 6) is 1.26. The molecule has 1 aliphatic rings. The number of nitrogens with one attached hydrogen (secondary N) is 1. The molecule has 2 nitrogen and oxygen atoms in total. The van der Waals surface area contributed by atoms with E-state index in [2.05, 4.69) is 56.4 Å². The van der Waals surface area contributed by atoms with E-state index >= 15 is 0 Å². The van der Waals surface area contributed by atoms with Crippen molar-refractivity contribution < 1.29 is 4.74 Å². The van der Waals surface area contributed by atoms with Gasteiger partial charge in [0.25, 0.3) is 0 Å². The zero-order chi connectivity index (χ0) is 13.0. The van der Waals surface area contributed by atoms with Crippen LogP contribution in [0.4, 0.5) is 0 Å². The van der Waals surface area contributed by atoms with E-state index < -0.39 is 0 Å². The van der Waals surface area contributed by atoms with E-state index in [0.29, 0.717) is 24.0 Å². The molecule has 1 aromatic carbocycles. The smallest absolute Gasteiger partial charge is 0.0588 e. The normalized spacial score (nSPS) is 25.6. The van der Waals surface area contributed by atoms with Crippen LogP contribution >= 0.6 is 0 Å². The first-order valence-corrected chi connectivity index (χ1v) is 7.08. The lowest BCUT2D eigenvalue weighted by atomic mass is 9.94. The van der Waals surface area contributed by atoms with Gasteiger partial charge in [0.05, 0.1) is 6.10 Å². The minimum absolute atomic E-state index is 0.404. The molecule has 0 saturated carbocycles. The van der Waals surface area contributed by atoms with Gasteiger partial charge in [0.1, 0.15) is 0 Å². The van der Waals surface area contributed by atoms with Crippen LogP contribution in [0.25, 0.3) is 0 Å². The number of ether oxygens (including phenoxy) is 1. The summed E-state index contributed by atoms with van der Waals surface area (Å²) in [4.78, 5) is 0. The highest BCUT2D eigenvalue weighted by molar-refractivity contribution is 5.19. The molecule has 1 heterocycles. The van der Waals surface area contributed by atoms with Crippen LogP contribution in [0, 0.1) is 11.8 Å². The van der Waals surface area contributed by atoms with Crippen LogP contribution in [0.15, 0.2) is 30.3 Å². The Kier molecular flexibility index (Phi) is 4.79. The number of hydrogen-bond donors (Lipinski definition) is 1. The molecule has 1 saturated heterocycles. The summed E-state index contributed by atoms with van der Waals surface area (Å²) in [5.41, 5.74) is 1.39. The van der Waals surface area contributed by atoms with Crippen LogP contribution < -0.4 is 5.32 Å². The van der Waals surface area contributed by atoms with Gasteiger partial charge in [-0.25, -0.2) is 0 Å². The average molecular weight is 247 g/mol. The third kappa shape index (κ3) is 3.33. The van der Waals surface area contributed by atoms with Crippen molar-refractivity contribution in [2.45, 2.75) is 39.3 Å². The van der Waals surface area contributed by atoms with Crippen molar-refractivity contribution in [3.63, 3.8) is 0 Å². The number of hydrogen-bond acceptors (Lipinski definition) is 2.